The third-order valence-electron chi connectivity index (χ3n) is 2.94. The molecule has 0 aromatic heterocycles. The Balaban J connectivity index is 0.00000122. The summed E-state index contributed by atoms with van der Waals surface area (Å²) in [7, 11) is 4.10. The highest BCUT2D eigenvalue weighted by Crippen LogP contribution is 2.11. The van der Waals surface area contributed by atoms with E-state index < -0.39 is 0 Å². The zero-order valence-corrected chi connectivity index (χ0v) is 14.2. The predicted molar refractivity (Wildman–Crippen MR) is 93.0 cm³/mol. The van der Waals surface area contributed by atoms with Crippen LogP contribution in [0.1, 0.15) is 32.3 Å². The van der Waals surface area contributed by atoms with Gasteiger partial charge in [-0.1, -0.05) is 31.6 Å². The summed E-state index contributed by atoms with van der Waals surface area (Å²) in [4.78, 5) is 2.32. The molecule has 0 aliphatic carbocycles. The van der Waals surface area contributed by atoms with E-state index >= 15 is 0 Å². The van der Waals surface area contributed by atoms with Gasteiger partial charge < -0.3 is 15.0 Å². The number of unbranched alkanes of at least 4 members (excludes halogenated alkanes) is 1. The van der Waals surface area contributed by atoms with Crippen LogP contribution in [-0.2, 0) is 6.54 Å². The van der Waals surface area contributed by atoms with Gasteiger partial charge in [0.1, 0.15) is 12.4 Å². The fourth-order valence-corrected chi connectivity index (χ4v) is 1.77. The molecule has 0 radical (unpaired) electrons. The fraction of sp³-hybridized carbons (Fsp3) is 0.556. The first kappa shape index (κ1) is 19.7. The van der Waals surface area contributed by atoms with Gasteiger partial charge in [-0.15, -0.1) is 6.58 Å². The summed E-state index contributed by atoms with van der Waals surface area (Å²) in [5.41, 5.74) is 1.28. The number of hydrogen-bond acceptors (Lipinski definition) is 3. The second kappa shape index (κ2) is 13.7. The molecule has 1 aromatic rings. The molecule has 0 atom stereocenters. The van der Waals surface area contributed by atoms with Gasteiger partial charge in [0.15, 0.2) is 0 Å². The van der Waals surface area contributed by atoms with E-state index in [0.29, 0.717) is 0 Å². The molecule has 0 saturated heterocycles. The molecule has 0 amide bonds. The zero-order chi connectivity index (χ0) is 15.9. The highest BCUT2D eigenvalue weighted by Gasteiger charge is 1.99. The minimum atomic E-state index is 0.756. The number of hydrogen-bond donors (Lipinski definition) is 1. The maximum Gasteiger partial charge on any atom is 0.119 e. The first-order valence-electron chi connectivity index (χ1n) is 7.79. The monoisotopic (exact) mass is 292 g/mol. The summed E-state index contributed by atoms with van der Waals surface area (Å²) in [5, 5.41) is 3.13. The van der Waals surface area contributed by atoms with E-state index in [1.165, 1.54) is 18.4 Å². The second-order valence-electron chi connectivity index (χ2n) is 5.09. The average Bonchev–Trinajstić information content (AvgIpc) is 2.48. The van der Waals surface area contributed by atoms with Gasteiger partial charge in [0.25, 0.3) is 0 Å². The molecule has 0 unspecified atom stereocenters. The quantitative estimate of drug-likeness (QED) is 0.702. The predicted octanol–water partition coefficient (Wildman–Crippen LogP) is 3.71. The second-order valence-corrected chi connectivity index (χ2v) is 5.09. The lowest BCUT2D eigenvalue weighted by atomic mass is 10.2. The number of rotatable bonds is 9. The number of allylic oxidation sites excluding steroid dienone is 1. The van der Waals surface area contributed by atoms with Crippen LogP contribution in [0.5, 0.6) is 5.75 Å². The molecule has 0 aliphatic heterocycles. The largest absolute Gasteiger partial charge is 0.492 e. The Morgan fingerprint density at radius 1 is 1.24 bits per heavy atom. The highest BCUT2D eigenvalue weighted by molar-refractivity contribution is 5.27. The van der Waals surface area contributed by atoms with Crippen LogP contribution in [0.15, 0.2) is 36.9 Å². The van der Waals surface area contributed by atoms with E-state index in [9.17, 15) is 0 Å². The maximum atomic E-state index is 5.73. The minimum Gasteiger partial charge on any atom is -0.492 e. The molecule has 0 fully saturated rings. The van der Waals surface area contributed by atoms with Crippen LogP contribution >= 0.6 is 0 Å². The molecular formula is C18H32N2O. The Labute approximate surface area is 131 Å². The molecule has 0 heterocycles. The molecule has 3 heteroatoms. The number of nitrogens with one attached hydrogen (secondary N) is 1. The average molecular weight is 292 g/mol. The van der Waals surface area contributed by atoms with Crippen molar-refractivity contribution in [1.82, 2.24) is 10.2 Å². The van der Waals surface area contributed by atoms with E-state index in [1.807, 2.05) is 26.1 Å². The minimum absolute atomic E-state index is 0.756. The van der Waals surface area contributed by atoms with Crippen molar-refractivity contribution < 1.29 is 4.74 Å². The number of benzene rings is 1. The van der Waals surface area contributed by atoms with Crippen molar-refractivity contribution in [1.29, 1.82) is 0 Å². The van der Waals surface area contributed by atoms with Crippen molar-refractivity contribution in [2.45, 2.75) is 33.2 Å². The fourth-order valence-electron chi connectivity index (χ4n) is 1.77. The molecule has 0 aliphatic rings. The molecule has 120 valence electrons. The number of likely N-dealkylation sites (N-methyl/N-ethyl adjacent to an activating group) is 1. The molecule has 0 saturated carbocycles. The van der Waals surface area contributed by atoms with Crippen molar-refractivity contribution >= 4 is 0 Å². The van der Waals surface area contributed by atoms with Crippen LogP contribution in [0, 0.1) is 0 Å². The Hall–Kier alpha value is -1.32. The van der Waals surface area contributed by atoms with Gasteiger partial charge in [0, 0.05) is 13.1 Å². The van der Waals surface area contributed by atoms with Gasteiger partial charge in [-0.3, -0.25) is 0 Å². The summed E-state index contributed by atoms with van der Waals surface area (Å²) in [6.07, 6.45) is 4.26. The summed E-state index contributed by atoms with van der Waals surface area (Å²) in [6, 6.07) is 8.29. The van der Waals surface area contributed by atoms with Crippen LogP contribution in [0.25, 0.3) is 0 Å². The first-order valence-corrected chi connectivity index (χ1v) is 7.79. The molecule has 0 spiro atoms. The highest BCUT2D eigenvalue weighted by atomic mass is 16.5. The smallest absolute Gasteiger partial charge is 0.119 e. The summed E-state index contributed by atoms with van der Waals surface area (Å²) >= 11 is 0. The Kier molecular flexibility index (Phi) is 12.8. The van der Waals surface area contributed by atoms with Gasteiger partial charge in [0.2, 0.25) is 0 Å². The van der Waals surface area contributed by atoms with E-state index in [4.69, 9.17) is 4.74 Å². The van der Waals surface area contributed by atoms with Gasteiger partial charge in [-0.25, -0.2) is 0 Å². The van der Waals surface area contributed by atoms with Crippen LogP contribution in [-0.4, -0.2) is 38.7 Å². The van der Waals surface area contributed by atoms with Crippen molar-refractivity contribution in [2.75, 3.05) is 33.8 Å². The van der Waals surface area contributed by atoms with E-state index in [2.05, 4.69) is 42.9 Å². The topological polar surface area (TPSA) is 24.5 Å². The van der Waals surface area contributed by atoms with Crippen LogP contribution < -0.4 is 10.1 Å². The van der Waals surface area contributed by atoms with Crippen molar-refractivity contribution in [2.24, 2.45) is 0 Å². The molecule has 3 nitrogen and oxygen atoms in total. The number of nitrogens with zero attached hydrogens (tertiary/aromatic N) is 1. The summed E-state index contributed by atoms with van der Waals surface area (Å²) < 4.78 is 5.73. The third kappa shape index (κ3) is 11.1. The summed E-state index contributed by atoms with van der Waals surface area (Å²) in [6.45, 7) is 11.3. The van der Waals surface area contributed by atoms with Crippen molar-refractivity contribution in [3.63, 3.8) is 0 Å². The van der Waals surface area contributed by atoms with Gasteiger partial charge in [0.05, 0.1) is 0 Å². The lowest BCUT2D eigenvalue weighted by Gasteiger charge is -2.16. The molecular weight excluding hydrogens is 260 g/mol. The van der Waals surface area contributed by atoms with Crippen molar-refractivity contribution in [3.8, 4) is 5.75 Å². The molecule has 1 rings (SSSR count). The zero-order valence-electron chi connectivity index (χ0n) is 14.2. The summed E-state index contributed by atoms with van der Waals surface area (Å²) in [5.74, 6) is 0.957. The van der Waals surface area contributed by atoms with Crippen molar-refractivity contribution in [3.05, 3.63) is 42.5 Å². The van der Waals surface area contributed by atoms with Gasteiger partial charge >= 0.3 is 0 Å². The molecule has 1 aromatic carbocycles. The standard InChI is InChI=1S/C15H26N2O.C3H6/c1-4-5-10-17(3)11-12-18-15-8-6-14(7-9-15)13-16-2;1-3-2/h6-9,16H,4-5,10-13H2,1-3H3;3H,1H2,2H3. The Morgan fingerprint density at radius 2 is 1.86 bits per heavy atom. The van der Waals surface area contributed by atoms with Crippen LogP contribution in [0.4, 0.5) is 0 Å². The molecule has 1 N–H and O–H groups in total. The molecule has 21 heavy (non-hydrogen) atoms. The van der Waals surface area contributed by atoms with Crippen LogP contribution in [0.3, 0.4) is 0 Å². The lowest BCUT2D eigenvalue weighted by molar-refractivity contribution is 0.235. The van der Waals surface area contributed by atoms with E-state index in [0.717, 1.165) is 32.0 Å². The van der Waals surface area contributed by atoms with Crippen LogP contribution in [0.2, 0.25) is 0 Å². The molecule has 0 bridgehead atoms. The van der Waals surface area contributed by atoms with Gasteiger partial charge in [-0.05, 0) is 51.7 Å². The third-order valence-corrected chi connectivity index (χ3v) is 2.94. The lowest BCUT2D eigenvalue weighted by Crippen LogP contribution is -2.25. The normalized spacial score (nSPS) is 9.95. The Morgan fingerprint density at radius 3 is 2.38 bits per heavy atom. The Bertz CT molecular complexity index is 349. The van der Waals surface area contributed by atoms with E-state index in [1.54, 1.807) is 6.08 Å². The van der Waals surface area contributed by atoms with E-state index in [-0.39, 0.29) is 0 Å². The first-order chi connectivity index (χ1) is 10.2. The SMILES string of the molecule is C=CC.CCCCN(C)CCOc1ccc(CNC)cc1. The number of ether oxygens (including phenoxy) is 1. The van der Waals surface area contributed by atoms with Gasteiger partial charge in [-0.2, -0.15) is 0 Å². The maximum absolute atomic E-state index is 5.73.